The van der Waals surface area contributed by atoms with Crippen LogP contribution in [0.25, 0.3) is 33.1 Å². The second kappa shape index (κ2) is 14.4. The van der Waals surface area contributed by atoms with Crippen LogP contribution in [0.1, 0.15) is 58.1 Å². The number of hydrogen-bond donors (Lipinski definition) is 3. The van der Waals surface area contributed by atoms with E-state index >= 15 is 4.39 Å². The van der Waals surface area contributed by atoms with Crippen molar-refractivity contribution in [2.24, 2.45) is 7.05 Å². The summed E-state index contributed by atoms with van der Waals surface area (Å²) in [5, 5.41) is 24.1. The molecule has 49 heavy (non-hydrogen) atoms. The molecule has 3 N–H and O–H groups in total. The number of rotatable bonds is 11. The average molecular weight is 679 g/mol. The summed E-state index contributed by atoms with van der Waals surface area (Å²) in [6.07, 6.45) is 3.77. The van der Waals surface area contributed by atoms with E-state index in [1.165, 1.54) is 16.9 Å². The van der Waals surface area contributed by atoms with Gasteiger partial charge in [-0.2, -0.15) is 10.2 Å². The highest BCUT2D eigenvalue weighted by molar-refractivity contribution is 5.98. The lowest BCUT2D eigenvalue weighted by atomic mass is 9.89. The lowest BCUT2D eigenvalue weighted by molar-refractivity contribution is -0.154. The number of aryl methyl sites for hydroxylation is 1. The number of fused-ring (bicyclic) bond motifs is 2. The van der Waals surface area contributed by atoms with Gasteiger partial charge in [-0.15, -0.1) is 0 Å². The van der Waals surface area contributed by atoms with Gasteiger partial charge in [-0.05, 0) is 57.4 Å². The molecule has 1 saturated heterocycles. The second-order valence-electron chi connectivity index (χ2n) is 12.9. The first-order valence-electron chi connectivity index (χ1n) is 15.9. The van der Waals surface area contributed by atoms with E-state index in [1.54, 1.807) is 55.7 Å². The van der Waals surface area contributed by atoms with Gasteiger partial charge in [0, 0.05) is 49.6 Å². The Hall–Kier alpha value is -5.41. The molecule has 3 aromatic heterocycles. The summed E-state index contributed by atoms with van der Waals surface area (Å²) in [5.74, 6) is -3.67. The first-order chi connectivity index (χ1) is 23.2. The van der Waals surface area contributed by atoms with Gasteiger partial charge in [0.25, 0.3) is 0 Å². The first-order valence-corrected chi connectivity index (χ1v) is 15.9. The number of nitrogens with zero attached hydrogens (tertiary/aromatic N) is 6. The van der Waals surface area contributed by atoms with Crippen LogP contribution in [-0.2, 0) is 42.3 Å². The summed E-state index contributed by atoms with van der Waals surface area (Å²) in [7, 11) is 1.76. The van der Waals surface area contributed by atoms with Gasteiger partial charge in [-0.25, -0.2) is 14.1 Å². The monoisotopic (exact) mass is 678 g/mol. The van der Waals surface area contributed by atoms with Crippen molar-refractivity contribution in [1.29, 1.82) is 0 Å². The molecule has 1 fully saturated rings. The second-order valence-corrected chi connectivity index (χ2v) is 12.9. The quantitative estimate of drug-likeness (QED) is 0.198. The molecular weight excluding hydrogens is 639 g/mol. The number of likely N-dealkylation sites (tertiary alicyclic amines) is 1. The summed E-state index contributed by atoms with van der Waals surface area (Å²) in [4.78, 5) is 67.0. The van der Waals surface area contributed by atoms with E-state index < -0.39 is 41.7 Å². The number of benzene rings is 1. The highest BCUT2D eigenvalue weighted by Crippen LogP contribution is 2.39. The Morgan fingerprint density at radius 2 is 1.73 bits per heavy atom. The molecule has 0 unspecified atom stereocenters. The van der Waals surface area contributed by atoms with Gasteiger partial charge in [-0.1, -0.05) is 0 Å². The van der Waals surface area contributed by atoms with Crippen molar-refractivity contribution in [3.8, 4) is 11.1 Å². The minimum absolute atomic E-state index is 0.0878. The van der Waals surface area contributed by atoms with Gasteiger partial charge in [0.05, 0.1) is 35.8 Å². The van der Waals surface area contributed by atoms with Crippen LogP contribution in [0.15, 0.2) is 30.6 Å². The topological polar surface area (TPSA) is 191 Å². The van der Waals surface area contributed by atoms with E-state index in [2.05, 4.69) is 20.7 Å². The number of halogens is 1. The maximum atomic E-state index is 15.7. The molecule has 0 bridgehead atoms. The Balaban J connectivity index is 1.40. The number of carbonyl (C=O) groups excluding carboxylic acids is 4. The molecule has 16 heteroatoms. The lowest BCUT2D eigenvalue weighted by Gasteiger charge is -2.31. The van der Waals surface area contributed by atoms with E-state index in [0.29, 0.717) is 64.7 Å². The average Bonchev–Trinajstić information content (AvgIpc) is 3.60. The third-order valence-corrected chi connectivity index (χ3v) is 8.16. The van der Waals surface area contributed by atoms with Crippen molar-refractivity contribution in [3.63, 3.8) is 0 Å². The Bertz CT molecular complexity index is 1920. The van der Waals surface area contributed by atoms with Crippen molar-refractivity contribution in [3.05, 3.63) is 42.1 Å². The molecule has 0 spiro atoms. The van der Waals surface area contributed by atoms with Crippen molar-refractivity contribution in [2.75, 3.05) is 26.2 Å². The van der Waals surface area contributed by atoms with Crippen LogP contribution >= 0.6 is 0 Å². The number of carboxylic acid groups (broad SMARTS) is 1. The molecule has 0 atom stereocenters. The molecule has 15 nitrogen and oxygen atoms in total. The van der Waals surface area contributed by atoms with Gasteiger partial charge < -0.3 is 25.4 Å². The van der Waals surface area contributed by atoms with Crippen LogP contribution in [0.2, 0.25) is 0 Å². The number of aliphatic carboxylic acids is 1. The van der Waals surface area contributed by atoms with Crippen LogP contribution in [0.4, 0.5) is 4.39 Å². The summed E-state index contributed by atoms with van der Waals surface area (Å²) in [6.45, 7) is 4.83. The summed E-state index contributed by atoms with van der Waals surface area (Å²) >= 11 is 0. The van der Waals surface area contributed by atoms with Crippen molar-refractivity contribution < 1.29 is 38.2 Å². The standard InChI is InChI=1S/C33H39FN8O7/c1-33(2,3)49-29(48)17-37-25(43)16-36-26(44)18-42-32-30(31(39-42)19-8-11-41(12-9-19)27(45)5-6-28(46)47)21(7-10-35-32)22-14-24-20(13-23(22)34)15-38-40(24)4/h7,10,13-15,19H,5-6,8-9,11-12,16-18H2,1-4H3,(H,36,44)(H,37,43)(H,46,47). The van der Waals surface area contributed by atoms with Crippen molar-refractivity contribution >= 4 is 51.6 Å². The predicted molar refractivity (Wildman–Crippen MR) is 174 cm³/mol. The fraction of sp³-hybridized carbons (Fsp3) is 0.455. The molecule has 5 rings (SSSR count). The number of piperidine rings is 1. The van der Waals surface area contributed by atoms with E-state index in [9.17, 15) is 24.0 Å². The van der Waals surface area contributed by atoms with E-state index in [4.69, 9.17) is 14.9 Å². The molecule has 0 saturated carbocycles. The Morgan fingerprint density at radius 3 is 2.43 bits per heavy atom. The number of esters is 1. The van der Waals surface area contributed by atoms with Gasteiger partial charge in [0.15, 0.2) is 5.65 Å². The summed E-state index contributed by atoms with van der Waals surface area (Å²) < 4.78 is 23.9. The zero-order chi connectivity index (χ0) is 35.5. The zero-order valence-corrected chi connectivity index (χ0v) is 27.8. The fourth-order valence-electron chi connectivity index (χ4n) is 5.88. The van der Waals surface area contributed by atoms with Crippen LogP contribution in [0.3, 0.4) is 0 Å². The summed E-state index contributed by atoms with van der Waals surface area (Å²) in [6, 6.07) is 4.81. The van der Waals surface area contributed by atoms with E-state index in [-0.39, 0.29) is 37.8 Å². The molecule has 0 radical (unpaired) electrons. The Labute approximate surface area is 280 Å². The van der Waals surface area contributed by atoms with Crippen LogP contribution < -0.4 is 10.6 Å². The molecule has 1 aromatic carbocycles. The van der Waals surface area contributed by atoms with E-state index in [0.717, 1.165) is 0 Å². The maximum absolute atomic E-state index is 15.7. The molecule has 260 valence electrons. The van der Waals surface area contributed by atoms with Crippen molar-refractivity contribution in [1.82, 2.24) is 40.1 Å². The van der Waals surface area contributed by atoms with Crippen LogP contribution in [-0.4, -0.2) is 96.0 Å². The predicted octanol–water partition coefficient (Wildman–Crippen LogP) is 2.27. The number of ether oxygens (including phenoxy) is 1. The van der Waals surface area contributed by atoms with Gasteiger partial charge >= 0.3 is 11.9 Å². The fourth-order valence-corrected chi connectivity index (χ4v) is 5.88. The largest absolute Gasteiger partial charge is 0.481 e. The minimum atomic E-state index is -1.04. The maximum Gasteiger partial charge on any atom is 0.325 e. The number of amides is 3. The number of carbonyl (C=O) groups is 5. The number of carboxylic acids is 1. The normalized spacial score (nSPS) is 13.9. The lowest BCUT2D eigenvalue weighted by Crippen LogP contribution is -2.41. The van der Waals surface area contributed by atoms with E-state index in [1.807, 2.05) is 0 Å². The molecule has 1 aliphatic heterocycles. The van der Waals surface area contributed by atoms with Gasteiger partial charge in [-0.3, -0.25) is 28.7 Å². The number of hydrogen-bond acceptors (Lipinski definition) is 9. The number of aromatic nitrogens is 5. The number of pyridine rings is 1. The number of nitrogens with one attached hydrogen (secondary N) is 2. The molecule has 3 amide bonds. The summed E-state index contributed by atoms with van der Waals surface area (Å²) in [5.41, 5.74) is 1.76. The minimum Gasteiger partial charge on any atom is -0.481 e. The van der Waals surface area contributed by atoms with Crippen molar-refractivity contribution in [2.45, 2.75) is 64.5 Å². The molecule has 1 aliphatic rings. The van der Waals surface area contributed by atoms with Gasteiger partial charge in [0.1, 0.15) is 24.5 Å². The van der Waals surface area contributed by atoms with Gasteiger partial charge in [0.2, 0.25) is 17.7 Å². The molecule has 4 aromatic rings. The Morgan fingerprint density at radius 1 is 1.02 bits per heavy atom. The molecule has 4 heterocycles. The Kier molecular flexibility index (Phi) is 10.2. The van der Waals surface area contributed by atoms with Crippen LogP contribution in [0, 0.1) is 5.82 Å². The van der Waals surface area contributed by atoms with Crippen LogP contribution in [0.5, 0.6) is 0 Å². The third kappa shape index (κ3) is 8.36. The highest BCUT2D eigenvalue weighted by atomic mass is 19.1. The molecular formula is C33H39FN8O7. The first kappa shape index (κ1) is 34.9. The smallest absolute Gasteiger partial charge is 0.325 e. The molecule has 0 aliphatic carbocycles. The SMILES string of the molecule is Cn1ncc2cc(F)c(-c3ccnc4c3c(C3CCN(C(=O)CCC(=O)O)CC3)nn4CC(=O)NCC(=O)NCC(=O)OC(C)(C)C)cc21. The zero-order valence-electron chi connectivity index (χ0n) is 27.8. The third-order valence-electron chi connectivity index (χ3n) is 8.16. The highest BCUT2D eigenvalue weighted by Gasteiger charge is 2.30.